The van der Waals surface area contributed by atoms with Crippen LogP contribution < -0.4 is 5.32 Å². The first-order chi connectivity index (χ1) is 11.6. The first-order valence-electron chi connectivity index (χ1n) is 7.97. The summed E-state index contributed by atoms with van der Waals surface area (Å²) in [7, 11) is 1.84. The summed E-state index contributed by atoms with van der Waals surface area (Å²) in [5, 5.41) is 4.53. The van der Waals surface area contributed by atoms with E-state index in [1.165, 1.54) is 9.75 Å². The highest BCUT2D eigenvalue weighted by atomic mass is 35.5. The molecule has 0 aromatic carbocycles. The van der Waals surface area contributed by atoms with Gasteiger partial charge < -0.3 is 10.2 Å². The van der Waals surface area contributed by atoms with Crippen molar-refractivity contribution in [3.63, 3.8) is 0 Å². The number of thiophene rings is 1. The van der Waals surface area contributed by atoms with Crippen LogP contribution in [-0.4, -0.2) is 54.0 Å². The molecule has 1 saturated heterocycles. The molecule has 1 N–H and O–H groups in total. The third-order valence-electron chi connectivity index (χ3n) is 3.96. The summed E-state index contributed by atoms with van der Waals surface area (Å²) >= 11 is 9.41. The van der Waals surface area contributed by atoms with Crippen molar-refractivity contribution < 1.29 is 0 Å². The van der Waals surface area contributed by atoms with Crippen LogP contribution in [0, 0.1) is 6.92 Å². The van der Waals surface area contributed by atoms with Crippen LogP contribution in [-0.2, 0) is 13.1 Å². The van der Waals surface area contributed by atoms with Crippen LogP contribution in [0.1, 0.15) is 14.8 Å². The van der Waals surface area contributed by atoms with E-state index in [0.29, 0.717) is 0 Å². The van der Waals surface area contributed by atoms with Crippen LogP contribution in [0.15, 0.2) is 23.3 Å². The number of hydrogen-bond acceptors (Lipinski definition) is 5. The Morgan fingerprint density at radius 1 is 1.29 bits per heavy atom. The summed E-state index contributed by atoms with van der Waals surface area (Å²) in [5.74, 6) is 0.960. The minimum Gasteiger partial charge on any atom is -0.350 e. The van der Waals surface area contributed by atoms with E-state index in [2.05, 4.69) is 38.1 Å². The van der Waals surface area contributed by atoms with Crippen LogP contribution in [0.25, 0.3) is 0 Å². The summed E-state index contributed by atoms with van der Waals surface area (Å²) in [6, 6.07) is 4.10. The lowest BCUT2D eigenvalue weighted by Crippen LogP contribution is -2.51. The number of aryl methyl sites for hydroxylation is 1. The molecule has 5 nitrogen and oxygen atoms in total. The van der Waals surface area contributed by atoms with Crippen molar-refractivity contribution in [1.29, 1.82) is 0 Å². The van der Waals surface area contributed by atoms with Crippen molar-refractivity contribution in [2.24, 2.45) is 4.99 Å². The summed E-state index contributed by atoms with van der Waals surface area (Å²) in [5.41, 5.74) is 0. The van der Waals surface area contributed by atoms with E-state index in [-0.39, 0.29) is 0 Å². The maximum atomic E-state index is 6.01. The highest BCUT2D eigenvalue weighted by Crippen LogP contribution is 2.23. The highest BCUT2D eigenvalue weighted by molar-refractivity contribution is 7.16. The predicted molar refractivity (Wildman–Crippen MR) is 103 cm³/mol. The maximum absolute atomic E-state index is 6.01. The van der Waals surface area contributed by atoms with Crippen LogP contribution in [0.3, 0.4) is 0 Å². The van der Waals surface area contributed by atoms with Gasteiger partial charge in [-0.25, -0.2) is 4.98 Å². The van der Waals surface area contributed by atoms with E-state index >= 15 is 0 Å². The fraction of sp³-hybridized carbons (Fsp3) is 0.500. The fourth-order valence-corrected chi connectivity index (χ4v) is 4.60. The third kappa shape index (κ3) is 4.69. The zero-order chi connectivity index (χ0) is 16.9. The van der Waals surface area contributed by atoms with Gasteiger partial charge in [-0.05, 0) is 19.1 Å². The molecule has 24 heavy (non-hydrogen) atoms. The van der Waals surface area contributed by atoms with Gasteiger partial charge in [0.25, 0.3) is 0 Å². The smallest absolute Gasteiger partial charge is 0.194 e. The van der Waals surface area contributed by atoms with Gasteiger partial charge in [0.15, 0.2) is 5.96 Å². The Balaban J connectivity index is 1.47. The number of nitrogens with zero attached hydrogens (tertiary/aromatic N) is 4. The molecule has 0 amide bonds. The number of rotatable bonds is 4. The molecule has 0 atom stereocenters. The average molecular weight is 384 g/mol. The highest BCUT2D eigenvalue weighted by Gasteiger charge is 2.20. The minimum atomic E-state index is 0.735. The maximum Gasteiger partial charge on any atom is 0.194 e. The molecule has 1 aliphatic rings. The third-order valence-corrected chi connectivity index (χ3v) is 6.09. The Kier molecular flexibility index (Phi) is 6.10. The van der Waals surface area contributed by atoms with E-state index in [9.17, 15) is 0 Å². The summed E-state index contributed by atoms with van der Waals surface area (Å²) < 4.78 is 0.866. The number of aliphatic imine (C=N–C) groups is 1. The lowest BCUT2D eigenvalue weighted by Gasteiger charge is -2.36. The van der Waals surface area contributed by atoms with Gasteiger partial charge in [-0.1, -0.05) is 11.6 Å². The van der Waals surface area contributed by atoms with Gasteiger partial charge in [-0.15, -0.1) is 22.7 Å². The molecule has 8 heteroatoms. The van der Waals surface area contributed by atoms with Crippen molar-refractivity contribution in [2.45, 2.75) is 20.0 Å². The minimum absolute atomic E-state index is 0.735. The van der Waals surface area contributed by atoms with E-state index in [0.717, 1.165) is 54.6 Å². The lowest BCUT2D eigenvalue weighted by molar-refractivity contribution is 0.173. The normalized spacial score (nSPS) is 16.6. The summed E-state index contributed by atoms with van der Waals surface area (Å²) in [6.07, 6.45) is 1.92. The van der Waals surface area contributed by atoms with Crippen molar-refractivity contribution in [2.75, 3.05) is 33.2 Å². The molecule has 0 spiro atoms. The van der Waals surface area contributed by atoms with Crippen molar-refractivity contribution in [3.8, 4) is 0 Å². The second-order valence-corrected chi connectivity index (χ2v) is 8.85. The van der Waals surface area contributed by atoms with Crippen LogP contribution >= 0.6 is 34.3 Å². The van der Waals surface area contributed by atoms with E-state index in [1.807, 2.05) is 19.3 Å². The first-order valence-corrected chi connectivity index (χ1v) is 9.98. The monoisotopic (exact) mass is 383 g/mol. The predicted octanol–water partition coefficient (Wildman–Crippen LogP) is 3.06. The molecule has 3 rings (SSSR count). The lowest BCUT2D eigenvalue weighted by atomic mass is 10.3. The second-order valence-electron chi connectivity index (χ2n) is 5.73. The number of halogens is 1. The Morgan fingerprint density at radius 2 is 2.08 bits per heavy atom. The van der Waals surface area contributed by atoms with E-state index in [1.54, 1.807) is 22.7 Å². The number of piperazine rings is 1. The molecule has 0 unspecified atom stereocenters. The Hall–Kier alpha value is -1.15. The quantitative estimate of drug-likeness (QED) is 0.651. The topological polar surface area (TPSA) is 43.8 Å². The molecule has 2 aromatic heterocycles. The zero-order valence-electron chi connectivity index (χ0n) is 14.0. The van der Waals surface area contributed by atoms with E-state index < -0.39 is 0 Å². The van der Waals surface area contributed by atoms with Gasteiger partial charge >= 0.3 is 0 Å². The van der Waals surface area contributed by atoms with Gasteiger partial charge in [-0.2, -0.15) is 0 Å². The molecular weight excluding hydrogens is 362 g/mol. The summed E-state index contributed by atoms with van der Waals surface area (Å²) in [6.45, 7) is 7.83. The largest absolute Gasteiger partial charge is 0.350 e. The number of hydrogen-bond donors (Lipinski definition) is 1. The fourth-order valence-electron chi connectivity index (χ4n) is 2.75. The SMILES string of the molecule is CN=C(NCc1ncc(C)s1)N1CCN(Cc2ccc(Cl)s2)CC1. The molecule has 1 aliphatic heterocycles. The van der Waals surface area contributed by atoms with Gasteiger partial charge in [0, 0.05) is 55.7 Å². The Morgan fingerprint density at radius 3 is 2.67 bits per heavy atom. The van der Waals surface area contributed by atoms with Crippen LogP contribution in [0.2, 0.25) is 4.34 Å². The van der Waals surface area contributed by atoms with Crippen molar-refractivity contribution in [1.82, 2.24) is 20.1 Å². The molecule has 130 valence electrons. The van der Waals surface area contributed by atoms with Crippen molar-refractivity contribution >= 4 is 40.2 Å². The van der Waals surface area contributed by atoms with Crippen molar-refractivity contribution in [3.05, 3.63) is 37.4 Å². The zero-order valence-corrected chi connectivity index (χ0v) is 16.3. The van der Waals surface area contributed by atoms with Gasteiger partial charge in [-0.3, -0.25) is 9.89 Å². The number of aromatic nitrogens is 1. The molecule has 0 bridgehead atoms. The number of nitrogens with one attached hydrogen (secondary N) is 1. The average Bonchev–Trinajstić information content (AvgIpc) is 3.18. The molecule has 3 heterocycles. The van der Waals surface area contributed by atoms with Gasteiger partial charge in [0.2, 0.25) is 0 Å². The van der Waals surface area contributed by atoms with Crippen LogP contribution in [0.5, 0.6) is 0 Å². The molecule has 0 aliphatic carbocycles. The Bertz CT molecular complexity index is 688. The first kappa shape index (κ1) is 17.7. The van der Waals surface area contributed by atoms with Crippen LogP contribution in [0.4, 0.5) is 0 Å². The molecule has 0 saturated carbocycles. The number of thiazole rings is 1. The van der Waals surface area contributed by atoms with E-state index in [4.69, 9.17) is 11.6 Å². The molecule has 0 radical (unpaired) electrons. The van der Waals surface area contributed by atoms with Gasteiger partial charge in [0.1, 0.15) is 5.01 Å². The molecule has 2 aromatic rings. The molecule has 1 fully saturated rings. The standard InChI is InChI=1S/C16H22ClN5S2/c1-12-9-19-15(23-12)10-20-16(18-2)22-7-5-21(6-8-22)11-13-3-4-14(17)24-13/h3-4,9H,5-8,10-11H2,1-2H3,(H,18,20). The number of guanidine groups is 1. The second kappa shape index (κ2) is 8.29. The Labute approximate surface area is 156 Å². The summed E-state index contributed by atoms with van der Waals surface area (Å²) in [4.78, 5) is 16.2. The van der Waals surface area contributed by atoms with Gasteiger partial charge in [0.05, 0.1) is 10.9 Å². The molecular formula is C16H22ClN5S2.